The van der Waals surface area contributed by atoms with Crippen LogP contribution in [-0.2, 0) is 0 Å². The second kappa shape index (κ2) is 4.27. The highest BCUT2D eigenvalue weighted by atomic mass is 19.1. The summed E-state index contributed by atoms with van der Waals surface area (Å²) in [5.74, 6) is 0.432. The Kier molecular flexibility index (Phi) is 2.42. The minimum Gasteiger partial charge on any atom is -0.489 e. The average Bonchev–Trinajstić information content (AvgIpc) is 2.90. The fourth-order valence-corrected chi connectivity index (χ4v) is 2.69. The first-order valence-corrected chi connectivity index (χ1v) is 6.56. The topological polar surface area (TPSA) is 37.0 Å². The van der Waals surface area contributed by atoms with Gasteiger partial charge < -0.3 is 15.0 Å². The van der Waals surface area contributed by atoms with Gasteiger partial charge in [-0.2, -0.15) is 0 Å². The van der Waals surface area contributed by atoms with Crippen molar-refractivity contribution in [2.75, 3.05) is 11.9 Å². The number of para-hydroxylation sites is 1. The number of aromatic amines is 1. The highest BCUT2D eigenvalue weighted by Crippen LogP contribution is 2.36. The average molecular weight is 268 g/mol. The summed E-state index contributed by atoms with van der Waals surface area (Å²) in [6, 6.07) is 12.7. The summed E-state index contributed by atoms with van der Waals surface area (Å²) in [7, 11) is 0. The maximum absolute atomic E-state index is 13.3. The number of rotatable bonds is 1. The van der Waals surface area contributed by atoms with Gasteiger partial charge in [0.1, 0.15) is 18.2 Å². The van der Waals surface area contributed by atoms with Gasteiger partial charge in [0.2, 0.25) is 0 Å². The smallest absolute Gasteiger partial charge is 0.142 e. The van der Waals surface area contributed by atoms with Gasteiger partial charge in [0.05, 0.1) is 11.7 Å². The molecule has 3 nitrogen and oxygen atoms in total. The number of halogens is 1. The SMILES string of the molecule is Fc1ccc2c(c1)NC(c1c[nH]c3ccccc13)CO2. The van der Waals surface area contributed by atoms with Gasteiger partial charge in [-0.3, -0.25) is 0 Å². The summed E-state index contributed by atoms with van der Waals surface area (Å²) in [5, 5.41) is 4.51. The normalized spacial score (nSPS) is 17.4. The molecule has 4 rings (SSSR count). The van der Waals surface area contributed by atoms with Crippen molar-refractivity contribution in [3.05, 3.63) is 60.0 Å². The molecule has 1 atom stereocenters. The van der Waals surface area contributed by atoms with Crippen LogP contribution in [0.3, 0.4) is 0 Å². The van der Waals surface area contributed by atoms with E-state index in [9.17, 15) is 4.39 Å². The Morgan fingerprint density at radius 1 is 1.15 bits per heavy atom. The third-order valence-electron chi connectivity index (χ3n) is 3.67. The molecule has 0 aliphatic carbocycles. The zero-order chi connectivity index (χ0) is 13.5. The molecule has 2 heterocycles. The number of benzene rings is 2. The lowest BCUT2D eigenvalue weighted by atomic mass is 10.0. The van der Waals surface area contributed by atoms with E-state index in [2.05, 4.69) is 16.4 Å². The molecule has 0 spiro atoms. The second-order valence-corrected chi connectivity index (χ2v) is 4.94. The van der Waals surface area contributed by atoms with E-state index in [1.54, 1.807) is 6.07 Å². The second-order valence-electron chi connectivity index (χ2n) is 4.94. The molecule has 20 heavy (non-hydrogen) atoms. The van der Waals surface area contributed by atoms with E-state index in [1.807, 2.05) is 24.4 Å². The summed E-state index contributed by atoms with van der Waals surface area (Å²) < 4.78 is 19.0. The van der Waals surface area contributed by atoms with Crippen molar-refractivity contribution in [3.8, 4) is 5.75 Å². The molecule has 0 saturated carbocycles. The monoisotopic (exact) mass is 268 g/mol. The molecular formula is C16H13FN2O. The molecule has 4 heteroatoms. The fourth-order valence-electron chi connectivity index (χ4n) is 2.69. The first kappa shape index (κ1) is 11.3. The number of H-pyrrole nitrogens is 1. The summed E-state index contributed by atoms with van der Waals surface area (Å²) >= 11 is 0. The Morgan fingerprint density at radius 3 is 3.00 bits per heavy atom. The van der Waals surface area contributed by atoms with Crippen molar-refractivity contribution < 1.29 is 9.13 Å². The molecule has 0 fully saturated rings. The lowest BCUT2D eigenvalue weighted by molar-refractivity contribution is 0.286. The van der Waals surface area contributed by atoms with E-state index in [-0.39, 0.29) is 11.9 Å². The van der Waals surface area contributed by atoms with Crippen LogP contribution >= 0.6 is 0 Å². The van der Waals surface area contributed by atoms with Gasteiger partial charge in [0, 0.05) is 28.7 Å². The lowest BCUT2D eigenvalue weighted by Crippen LogP contribution is -2.23. The van der Waals surface area contributed by atoms with Crippen molar-refractivity contribution in [3.63, 3.8) is 0 Å². The number of aromatic nitrogens is 1. The standard InChI is InChI=1S/C16H13FN2O/c17-10-5-6-16-14(7-10)19-15(9-20-16)12-8-18-13-4-2-1-3-11(12)13/h1-8,15,18-19H,9H2. The molecule has 0 radical (unpaired) electrons. The highest BCUT2D eigenvalue weighted by molar-refractivity contribution is 5.84. The Balaban J connectivity index is 1.74. The molecule has 3 aromatic rings. The van der Waals surface area contributed by atoms with Crippen molar-refractivity contribution in [1.82, 2.24) is 4.98 Å². The summed E-state index contributed by atoms with van der Waals surface area (Å²) in [5.41, 5.74) is 2.93. The van der Waals surface area contributed by atoms with Gasteiger partial charge in [-0.15, -0.1) is 0 Å². The first-order chi connectivity index (χ1) is 9.81. The highest BCUT2D eigenvalue weighted by Gasteiger charge is 2.22. The van der Waals surface area contributed by atoms with E-state index >= 15 is 0 Å². The van der Waals surface area contributed by atoms with Crippen LogP contribution < -0.4 is 10.1 Å². The molecule has 2 aromatic carbocycles. The maximum Gasteiger partial charge on any atom is 0.142 e. The Morgan fingerprint density at radius 2 is 2.05 bits per heavy atom. The van der Waals surface area contributed by atoms with Gasteiger partial charge in [-0.1, -0.05) is 18.2 Å². The first-order valence-electron chi connectivity index (χ1n) is 6.56. The van der Waals surface area contributed by atoms with Gasteiger partial charge in [-0.05, 0) is 18.2 Å². The van der Waals surface area contributed by atoms with E-state index in [0.29, 0.717) is 18.0 Å². The minimum absolute atomic E-state index is 0.0143. The minimum atomic E-state index is -0.264. The van der Waals surface area contributed by atoms with Gasteiger partial charge in [0.15, 0.2) is 0 Å². The quantitative estimate of drug-likeness (QED) is 0.703. The predicted molar refractivity (Wildman–Crippen MR) is 76.6 cm³/mol. The fraction of sp³-hybridized carbons (Fsp3) is 0.125. The van der Waals surface area contributed by atoms with Crippen LogP contribution in [0.1, 0.15) is 11.6 Å². The van der Waals surface area contributed by atoms with Crippen LogP contribution in [0.15, 0.2) is 48.7 Å². The maximum atomic E-state index is 13.3. The van der Waals surface area contributed by atoms with Crippen molar-refractivity contribution in [2.24, 2.45) is 0 Å². The summed E-state index contributed by atoms with van der Waals surface area (Å²) in [6.07, 6.45) is 1.98. The van der Waals surface area contributed by atoms with E-state index in [1.165, 1.54) is 12.1 Å². The molecule has 1 aromatic heterocycles. The number of hydrogen-bond donors (Lipinski definition) is 2. The van der Waals surface area contributed by atoms with Crippen LogP contribution in [0, 0.1) is 5.82 Å². The number of fused-ring (bicyclic) bond motifs is 2. The van der Waals surface area contributed by atoms with E-state index < -0.39 is 0 Å². The van der Waals surface area contributed by atoms with Crippen molar-refractivity contribution in [1.29, 1.82) is 0 Å². The molecular weight excluding hydrogens is 255 g/mol. The zero-order valence-electron chi connectivity index (χ0n) is 10.7. The Bertz CT molecular complexity index is 781. The zero-order valence-corrected chi connectivity index (χ0v) is 10.7. The van der Waals surface area contributed by atoms with Gasteiger partial charge >= 0.3 is 0 Å². The number of nitrogens with one attached hydrogen (secondary N) is 2. The number of anilines is 1. The predicted octanol–water partition coefficient (Wildman–Crippen LogP) is 3.85. The number of hydrogen-bond acceptors (Lipinski definition) is 2. The molecule has 0 bridgehead atoms. The molecule has 2 N–H and O–H groups in total. The van der Waals surface area contributed by atoms with Crippen LogP contribution in [0.5, 0.6) is 5.75 Å². The molecule has 1 aliphatic heterocycles. The molecule has 1 aliphatic rings. The molecule has 100 valence electrons. The van der Waals surface area contributed by atoms with Gasteiger partial charge in [-0.25, -0.2) is 4.39 Å². The molecule has 1 unspecified atom stereocenters. The largest absolute Gasteiger partial charge is 0.489 e. The molecule has 0 amide bonds. The van der Waals surface area contributed by atoms with Crippen LogP contribution in [-0.4, -0.2) is 11.6 Å². The van der Waals surface area contributed by atoms with Crippen molar-refractivity contribution >= 4 is 16.6 Å². The Labute approximate surface area is 115 Å². The van der Waals surface area contributed by atoms with Crippen molar-refractivity contribution in [2.45, 2.75) is 6.04 Å². The summed E-state index contributed by atoms with van der Waals surface area (Å²) in [4.78, 5) is 3.25. The van der Waals surface area contributed by atoms with Crippen LogP contribution in [0.2, 0.25) is 0 Å². The third-order valence-corrected chi connectivity index (χ3v) is 3.67. The Hall–Kier alpha value is -2.49. The third kappa shape index (κ3) is 1.72. The van der Waals surface area contributed by atoms with Crippen LogP contribution in [0.25, 0.3) is 10.9 Å². The van der Waals surface area contributed by atoms with Gasteiger partial charge in [0.25, 0.3) is 0 Å². The molecule has 0 saturated heterocycles. The van der Waals surface area contributed by atoms with E-state index in [4.69, 9.17) is 4.74 Å². The lowest BCUT2D eigenvalue weighted by Gasteiger charge is -2.27. The number of ether oxygens (including phenoxy) is 1. The summed E-state index contributed by atoms with van der Waals surface area (Å²) in [6.45, 7) is 0.528. The van der Waals surface area contributed by atoms with E-state index in [0.717, 1.165) is 16.5 Å². The van der Waals surface area contributed by atoms with Crippen LogP contribution in [0.4, 0.5) is 10.1 Å².